The molecule has 8 heteroatoms. The van der Waals surface area contributed by atoms with E-state index in [4.69, 9.17) is 9.84 Å². The number of carbonyl (C=O) groups excluding carboxylic acids is 2. The van der Waals surface area contributed by atoms with Gasteiger partial charge in [-0.25, -0.2) is 9.80 Å². The predicted octanol–water partition coefficient (Wildman–Crippen LogP) is 0.697. The first-order valence-electron chi connectivity index (χ1n) is 6.56. The summed E-state index contributed by atoms with van der Waals surface area (Å²) in [6.07, 6.45) is 0.555. The molecule has 0 spiro atoms. The molecular weight excluding hydrogens is 290 g/mol. The molecule has 8 nitrogen and oxygen atoms in total. The zero-order valence-electron chi connectivity index (χ0n) is 11.9. The van der Waals surface area contributed by atoms with E-state index in [9.17, 15) is 14.4 Å². The van der Waals surface area contributed by atoms with Gasteiger partial charge in [-0.3, -0.25) is 9.59 Å². The third-order valence-electron chi connectivity index (χ3n) is 2.94. The van der Waals surface area contributed by atoms with Crippen molar-refractivity contribution in [2.75, 3.05) is 19.0 Å². The van der Waals surface area contributed by atoms with Gasteiger partial charge >= 0.3 is 5.97 Å². The van der Waals surface area contributed by atoms with E-state index < -0.39 is 12.6 Å². The molecule has 1 heterocycles. The summed E-state index contributed by atoms with van der Waals surface area (Å²) in [7, 11) is 1.50. The van der Waals surface area contributed by atoms with Gasteiger partial charge in [-0.15, -0.1) is 0 Å². The van der Waals surface area contributed by atoms with Crippen LogP contribution in [0, 0.1) is 0 Å². The van der Waals surface area contributed by atoms with Crippen LogP contribution in [0.25, 0.3) is 0 Å². The van der Waals surface area contributed by atoms with Crippen LogP contribution in [0.15, 0.2) is 29.4 Å². The Bertz CT molecular complexity index is 624. The molecule has 1 aromatic carbocycles. The Morgan fingerprint density at radius 3 is 2.59 bits per heavy atom. The molecule has 0 radical (unpaired) electrons. The maximum Gasteiger partial charge on any atom is 0.341 e. The lowest BCUT2D eigenvalue weighted by Gasteiger charge is -2.18. The number of aliphatic carboxylic acids is 1. The maximum atomic E-state index is 12.0. The summed E-state index contributed by atoms with van der Waals surface area (Å²) in [6, 6.07) is 6.29. The Kier molecular flexibility index (Phi) is 4.72. The zero-order valence-corrected chi connectivity index (χ0v) is 11.9. The Labute approximate surface area is 126 Å². The van der Waals surface area contributed by atoms with Crippen molar-refractivity contribution in [2.24, 2.45) is 5.10 Å². The van der Waals surface area contributed by atoms with Gasteiger partial charge in [0.2, 0.25) is 5.91 Å². The molecule has 0 fully saturated rings. The number of amides is 2. The summed E-state index contributed by atoms with van der Waals surface area (Å²) >= 11 is 0. The Morgan fingerprint density at radius 2 is 2.00 bits per heavy atom. The van der Waals surface area contributed by atoms with Crippen molar-refractivity contribution in [1.29, 1.82) is 0 Å². The van der Waals surface area contributed by atoms with Crippen LogP contribution in [-0.2, 0) is 14.4 Å². The van der Waals surface area contributed by atoms with Crippen molar-refractivity contribution < 1.29 is 24.2 Å². The van der Waals surface area contributed by atoms with Crippen LogP contribution in [0.3, 0.4) is 0 Å². The van der Waals surface area contributed by atoms with Gasteiger partial charge < -0.3 is 15.2 Å². The highest BCUT2D eigenvalue weighted by molar-refractivity contribution is 6.43. The molecule has 22 heavy (non-hydrogen) atoms. The van der Waals surface area contributed by atoms with Crippen LogP contribution in [-0.4, -0.2) is 47.3 Å². The lowest BCUT2D eigenvalue weighted by Crippen LogP contribution is -2.34. The first-order valence-corrected chi connectivity index (χ1v) is 6.56. The van der Waals surface area contributed by atoms with Crippen molar-refractivity contribution in [3.63, 3.8) is 0 Å². The minimum absolute atomic E-state index is 0.128. The number of hydrazone groups is 1. The number of hydrogen-bond donors (Lipinski definition) is 2. The van der Waals surface area contributed by atoms with Gasteiger partial charge in [-0.2, -0.15) is 5.10 Å². The number of nitrogens with one attached hydrogen (secondary N) is 1. The van der Waals surface area contributed by atoms with Gasteiger partial charge in [-0.05, 0) is 24.3 Å². The lowest BCUT2D eigenvalue weighted by molar-refractivity contribution is -0.139. The highest BCUT2D eigenvalue weighted by Gasteiger charge is 2.21. The first-order chi connectivity index (χ1) is 10.5. The minimum Gasteiger partial charge on any atom is -0.482 e. The number of nitrogens with zero attached hydrogens (tertiary/aromatic N) is 2. The Hall–Kier alpha value is -2.90. The van der Waals surface area contributed by atoms with Crippen LogP contribution in [0.1, 0.15) is 12.8 Å². The summed E-state index contributed by atoms with van der Waals surface area (Å²) in [5.74, 6) is -1.18. The average molecular weight is 305 g/mol. The third kappa shape index (κ3) is 4.05. The molecule has 1 aliphatic heterocycles. The van der Waals surface area contributed by atoms with Crippen LogP contribution < -0.4 is 10.1 Å². The standard InChI is InChI=1S/C14H15N3O5/c1-17-12(18)7-6-11(16-17)14(21)15-9-2-4-10(5-3-9)22-8-13(19)20/h2-5H,6-8H2,1H3,(H,15,21)(H,19,20). The fraction of sp³-hybridized carbons (Fsp3) is 0.286. The van der Waals surface area contributed by atoms with Gasteiger partial charge in [0.25, 0.3) is 5.91 Å². The third-order valence-corrected chi connectivity index (χ3v) is 2.94. The number of carboxylic acids is 1. The highest BCUT2D eigenvalue weighted by Crippen LogP contribution is 2.16. The molecule has 0 bridgehead atoms. The van der Waals surface area contributed by atoms with E-state index in [1.54, 1.807) is 24.3 Å². The summed E-state index contributed by atoms with van der Waals surface area (Å²) in [6.45, 7) is -0.428. The van der Waals surface area contributed by atoms with Crippen LogP contribution >= 0.6 is 0 Å². The van der Waals surface area contributed by atoms with Gasteiger partial charge in [0.15, 0.2) is 6.61 Å². The molecule has 0 aliphatic carbocycles. The number of carboxylic acid groups (broad SMARTS) is 1. The van der Waals surface area contributed by atoms with Gasteiger partial charge in [0.1, 0.15) is 11.5 Å². The fourth-order valence-electron chi connectivity index (χ4n) is 1.82. The maximum absolute atomic E-state index is 12.0. The van der Waals surface area contributed by atoms with Crippen LogP contribution in [0.4, 0.5) is 5.69 Å². The minimum atomic E-state index is -1.06. The number of ether oxygens (including phenoxy) is 1. The summed E-state index contributed by atoms with van der Waals surface area (Å²) in [5, 5.41) is 16.2. The van der Waals surface area contributed by atoms with Crippen molar-refractivity contribution in [3.8, 4) is 5.75 Å². The molecule has 2 N–H and O–H groups in total. The van der Waals surface area contributed by atoms with Gasteiger partial charge in [-0.1, -0.05) is 0 Å². The second kappa shape index (κ2) is 6.70. The van der Waals surface area contributed by atoms with E-state index in [1.165, 1.54) is 7.05 Å². The highest BCUT2D eigenvalue weighted by atomic mass is 16.5. The van der Waals surface area contributed by atoms with Crippen molar-refractivity contribution >= 4 is 29.2 Å². The quantitative estimate of drug-likeness (QED) is 0.832. The van der Waals surface area contributed by atoms with Crippen molar-refractivity contribution in [3.05, 3.63) is 24.3 Å². The second-order valence-corrected chi connectivity index (χ2v) is 4.62. The van der Waals surface area contributed by atoms with E-state index in [0.29, 0.717) is 17.9 Å². The number of anilines is 1. The molecule has 0 atom stereocenters. The van der Waals surface area contributed by atoms with E-state index >= 15 is 0 Å². The van der Waals surface area contributed by atoms with E-state index in [0.717, 1.165) is 5.01 Å². The van der Waals surface area contributed by atoms with Crippen LogP contribution in [0.5, 0.6) is 5.75 Å². The molecule has 0 saturated heterocycles. The second-order valence-electron chi connectivity index (χ2n) is 4.62. The van der Waals surface area contributed by atoms with E-state index in [2.05, 4.69) is 10.4 Å². The van der Waals surface area contributed by atoms with E-state index in [-0.39, 0.29) is 23.9 Å². The monoisotopic (exact) mass is 305 g/mol. The van der Waals surface area contributed by atoms with Gasteiger partial charge in [0, 0.05) is 25.6 Å². The topological polar surface area (TPSA) is 108 Å². The van der Waals surface area contributed by atoms with Crippen LogP contribution in [0.2, 0.25) is 0 Å². The predicted molar refractivity (Wildman–Crippen MR) is 77.6 cm³/mol. The number of rotatable bonds is 5. The molecule has 0 unspecified atom stereocenters. The first kappa shape index (κ1) is 15.5. The molecule has 2 amide bonds. The molecule has 2 rings (SSSR count). The SMILES string of the molecule is CN1N=C(C(=O)Nc2ccc(OCC(=O)O)cc2)CCC1=O. The van der Waals surface area contributed by atoms with E-state index in [1.807, 2.05) is 0 Å². The lowest BCUT2D eigenvalue weighted by atomic mass is 10.1. The zero-order chi connectivity index (χ0) is 16.1. The normalized spacial score (nSPS) is 14.3. The number of hydrogen-bond acceptors (Lipinski definition) is 5. The smallest absolute Gasteiger partial charge is 0.341 e. The summed E-state index contributed by atoms with van der Waals surface area (Å²) < 4.78 is 4.99. The Morgan fingerprint density at radius 1 is 1.32 bits per heavy atom. The molecule has 1 aliphatic rings. The van der Waals surface area contributed by atoms with Crippen molar-refractivity contribution in [2.45, 2.75) is 12.8 Å². The van der Waals surface area contributed by atoms with Crippen molar-refractivity contribution in [1.82, 2.24) is 5.01 Å². The average Bonchev–Trinajstić information content (AvgIpc) is 2.49. The number of carbonyl (C=O) groups is 3. The molecular formula is C14H15N3O5. The molecule has 0 aromatic heterocycles. The largest absolute Gasteiger partial charge is 0.482 e. The molecule has 116 valence electrons. The summed E-state index contributed by atoms with van der Waals surface area (Å²) in [5.41, 5.74) is 0.809. The molecule has 0 saturated carbocycles. The summed E-state index contributed by atoms with van der Waals surface area (Å²) in [4.78, 5) is 33.7. The van der Waals surface area contributed by atoms with Gasteiger partial charge in [0.05, 0.1) is 0 Å². The molecule has 1 aromatic rings. The number of benzene rings is 1. The fourth-order valence-corrected chi connectivity index (χ4v) is 1.82. The Balaban J connectivity index is 1.96.